The van der Waals surface area contributed by atoms with E-state index in [1.165, 1.54) is 6.92 Å². The number of hydrogen-bond acceptors (Lipinski definition) is 8. The number of para-hydroxylation sites is 2. The Balaban J connectivity index is 0.00000107. The van der Waals surface area contributed by atoms with Gasteiger partial charge in [0.15, 0.2) is 0 Å². The van der Waals surface area contributed by atoms with Crippen molar-refractivity contribution in [3.05, 3.63) is 108 Å². The summed E-state index contributed by atoms with van der Waals surface area (Å²) >= 11 is 0. The summed E-state index contributed by atoms with van der Waals surface area (Å²) in [6, 6.07) is 18.6. The van der Waals surface area contributed by atoms with Gasteiger partial charge >= 0.3 is 18.1 Å². The number of carbonyl (C=O) groups is 6. The number of nitrogens with two attached hydrogens (primary N) is 2. The molecule has 0 radical (unpaired) electrons. The molecule has 0 fully saturated rings. The van der Waals surface area contributed by atoms with E-state index in [0.29, 0.717) is 19.4 Å². The van der Waals surface area contributed by atoms with Crippen molar-refractivity contribution >= 4 is 57.4 Å². The number of benzene rings is 3. The molecule has 2 heterocycles. The number of aromatic nitrogens is 2. The molecule has 0 saturated heterocycles. The van der Waals surface area contributed by atoms with E-state index in [9.17, 15) is 42.3 Å². The Kier molecular flexibility index (Phi) is 17.0. The van der Waals surface area contributed by atoms with Crippen molar-refractivity contribution in [1.29, 1.82) is 0 Å². The maximum atomic E-state index is 14.2. The Hall–Kier alpha value is -6.73. The average Bonchev–Trinajstić information content (AvgIpc) is 3.83. The Bertz CT molecular complexity index is 2280. The lowest BCUT2D eigenvalue weighted by Gasteiger charge is -2.26. The summed E-state index contributed by atoms with van der Waals surface area (Å²) < 4.78 is 31.7. The van der Waals surface area contributed by atoms with Gasteiger partial charge < -0.3 is 52.9 Å². The molecule has 16 nitrogen and oxygen atoms in total. The summed E-state index contributed by atoms with van der Waals surface area (Å²) in [6.07, 6.45) is 0.0462. The van der Waals surface area contributed by atoms with Crippen LogP contribution in [0.3, 0.4) is 0 Å². The van der Waals surface area contributed by atoms with Crippen LogP contribution in [0.15, 0.2) is 91.3 Å². The van der Waals surface area contributed by atoms with Gasteiger partial charge in [-0.1, -0.05) is 66.7 Å². The van der Waals surface area contributed by atoms with E-state index in [1.807, 2.05) is 54.6 Å². The molecule has 0 bridgehead atoms. The third-order valence-electron chi connectivity index (χ3n) is 9.66. The maximum Gasteiger partial charge on any atom is 0.490 e. The molecule has 0 aliphatic rings. The minimum absolute atomic E-state index is 0.0405. The second kappa shape index (κ2) is 22.0. The van der Waals surface area contributed by atoms with Gasteiger partial charge in [0.25, 0.3) is 0 Å². The summed E-state index contributed by atoms with van der Waals surface area (Å²) in [7, 11) is 0. The van der Waals surface area contributed by atoms with E-state index in [1.54, 1.807) is 36.7 Å². The quantitative estimate of drug-likeness (QED) is 0.0543. The molecule has 5 rings (SSSR count). The highest BCUT2D eigenvalue weighted by Gasteiger charge is 2.38. The predicted molar refractivity (Wildman–Crippen MR) is 220 cm³/mol. The van der Waals surface area contributed by atoms with E-state index in [-0.39, 0.29) is 25.7 Å². The SMILES string of the molecule is C[C@H](NC(=O)[C@H](N)Cc1c[nH]c2ccccc12)C(=O)N[C@@H](Cc1c[nH]c2ccccc12)C(=O)N[C@H](Cc1ccccc1)C(=O)N[C@@H](CCCCN)C(=O)O.O=C(O)C(F)(F)F. The van der Waals surface area contributed by atoms with E-state index in [4.69, 9.17) is 21.4 Å². The summed E-state index contributed by atoms with van der Waals surface area (Å²) in [6.45, 7) is 1.88. The highest BCUT2D eigenvalue weighted by molar-refractivity contribution is 5.96. The molecular formula is C42H49F3N8O8. The minimum Gasteiger partial charge on any atom is -0.480 e. The number of H-pyrrole nitrogens is 2. The molecular weight excluding hydrogens is 802 g/mol. The van der Waals surface area contributed by atoms with Crippen molar-refractivity contribution < 1.29 is 52.2 Å². The number of amides is 4. The first-order valence-electron chi connectivity index (χ1n) is 19.3. The Morgan fingerprint density at radius 1 is 0.639 bits per heavy atom. The Morgan fingerprint density at radius 2 is 1.11 bits per heavy atom. The zero-order valence-corrected chi connectivity index (χ0v) is 33.1. The van der Waals surface area contributed by atoms with Gasteiger partial charge in [0, 0.05) is 47.0 Å². The normalized spacial score (nSPS) is 13.7. The van der Waals surface area contributed by atoms with E-state index in [0.717, 1.165) is 38.5 Å². The molecule has 12 N–H and O–H groups in total. The molecule has 5 atom stereocenters. The van der Waals surface area contributed by atoms with Crippen molar-refractivity contribution in [3.8, 4) is 0 Å². The third-order valence-corrected chi connectivity index (χ3v) is 9.66. The fourth-order valence-corrected chi connectivity index (χ4v) is 6.40. The van der Waals surface area contributed by atoms with Crippen LogP contribution in [0.25, 0.3) is 21.8 Å². The van der Waals surface area contributed by atoms with Crippen molar-refractivity contribution in [2.75, 3.05) is 6.54 Å². The second-order valence-corrected chi connectivity index (χ2v) is 14.3. The first-order valence-corrected chi connectivity index (χ1v) is 19.3. The first kappa shape index (κ1) is 47.0. The molecule has 3 aromatic carbocycles. The number of carbonyl (C=O) groups excluding carboxylic acids is 4. The minimum atomic E-state index is -5.08. The third kappa shape index (κ3) is 13.9. The smallest absolute Gasteiger partial charge is 0.480 e. The van der Waals surface area contributed by atoms with E-state index < -0.39 is 72.0 Å². The summed E-state index contributed by atoms with van der Waals surface area (Å²) in [5, 5.41) is 29.5. The van der Waals surface area contributed by atoms with Crippen LogP contribution in [0.1, 0.15) is 42.9 Å². The number of alkyl halides is 3. The molecule has 0 saturated carbocycles. The fourth-order valence-electron chi connectivity index (χ4n) is 6.40. The Morgan fingerprint density at radius 3 is 1.64 bits per heavy atom. The number of fused-ring (bicyclic) bond motifs is 2. The molecule has 0 spiro atoms. The molecule has 0 unspecified atom stereocenters. The van der Waals surface area contributed by atoms with Gasteiger partial charge in [-0.25, -0.2) is 9.59 Å². The van der Waals surface area contributed by atoms with Gasteiger partial charge in [-0.05, 0) is 68.0 Å². The van der Waals surface area contributed by atoms with Crippen LogP contribution in [0.5, 0.6) is 0 Å². The number of unbranched alkanes of at least 4 members (excludes halogenated alkanes) is 1. The largest absolute Gasteiger partial charge is 0.490 e. The number of rotatable bonds is 19. The van der Waals surface area contributed by atoms with Gasteiger partial charge in [0.1, 0.15) is 24.2 Å². The molecule has 2 aromatic heterocycles. The van der Waals surface area contributed by atoms with E-state index in [2.05, 4.69) is 31.2 Å². The lowest BCUT2D eigenvalue weighted by atomic mass is 10.0. The van der Waals surface area contributed by atoms with Gasteiger partial charge in [-0.3, -0.25) is 19.2 Å². The summed E-state index contributed by atoms with van der Waals surface area (Å²) in [4.78, 5) is 81.9. The van der Waals surface area contributed by atoms with Gasteiger partial charge in [-0.15, -0.1) is 0 Å². The number of aliphatic carboxylic acids is 2. The highest BCUT2D eigenvalue weighted by Crippen LogP contribution is 2.21. The van der Waals surface area contributed by atoms with Crippen LogP contribution in [0, 0.1) is 0 Å². The Labute approximate surface area is 348 Å². The molecule has 5 aromatic rings. The van der Waals surface area contributed by atoms with Crippen molar-refractivity contribution in [1.82, 2.24) is 31.2 Å². The maximum absolute atomic E-state index is 14.2. The molecule has 19 heteroatoms. The second-order valence-electron chi connectivity index (χ2n) is 14.3. The zero-order chi connectivity index (χ0) is 44.7. The van der Waals surface area contributed by atoms with Gasteiger partial charge in [-0.2, -0.15) is 13.2 Å². The van der Waals surface area contributed by atoms with Crippen LogP contribution in [0.2, 0.25) is 0 Å². The number of carboxylic acid groups (broad SMARTS) is 2. The van der Waals surface area contributed by atoms with Gasteiger partial charge in [0.05, 0.1) is 6.04 Å². The lowest BCUT2D eigenvalue weighted by Crippen LogP contribution is -2.59. The number of hydrogen-bond donors (Lipinski definition) is 10. The van der Waals surface area contributed by atoms with Crippen molar-refractivity contribution in [2.45, 2.75) is 81.8 Å². The lowest BCUT2D eigenvalue weighted by molar-refractivity contribution is -0.192. The molecule has 0 aliphatic carbocycles. The molecule has 0 aliphatic heterocycles. The molecule has 61 heavy (non-hydrogen) atoms. The zero-order valence-electron chi connectivity index (χ0n) is 33.1. The van der Waals surface area contributed by atoms with Crippen LogP contribution < -0.4 is 32.7 Å². The van der Waals surface area contributed by atoms with Crippen LogP contribution in [-0.4, -0.2) is 98.7 Å². The number of carboxylic acids is 2. The van der Waals surface area contributed by atoms with Crippen LogP contribution in [-0.2, 0) is 48.0 Å². The van der Waals surface area contributed by atoms with Crippen molar-refractivity contribution in [3.63, 3.8) is 0 Å². The predicted octanol–water partition coefficient (Wildman–Crippen LogP) is 2.81. The van der Waals surface area contributed by atoms with Crippen LogP contribution >= 0.6 is 0 Å². The van der Waals surface area contributed by atoms with E-state index >= 15 is 0 Å². The molecule has 326 valence electrons. The summed E-state index contributed by atoms with van der Waals surface area (Å²) in [5.74, 6) is -6.50. The monoisotopic (exact) mass is 850 g/mol. The average molecular weight is 851 g/mol. The number of halogens is 3. The highest BCUT2D eigenvalue weighted by atomic mass is 19.4. The topological polar surface area (TPSA) is 275 Å². The number of nitrogens with one attached hydrogen (secondary N) is 6. The number of aromatic amines is 2. The standard InChI is InChI=1S/C40H48N8O6.C2HF3O2/c1-24(45-37(50)30(42)20-26-22-43-31-15-7-5-13-28(26)31)36(49)47-35(21-27-23-44-32-16-8-6-14-29(27)32)39(52)48-34(19-25-11-3-2-4-12-25)38(51)46-33(40(53)54)17-9-10-18-41;3-2(4,5)1(6)7/h2-8,11-16,22-24,30,33-35,43-44H,9-10,17-21,41-42H2,1H3,(H,45,50)(H,46,51)(H,47,49)(H,48,52)(H,53,54);(H,6,7)/t24-,30+,33-,34+,35-;/m0./s1. The van der Waals surface area contributed by atoms with Crippen LogP contribution in [0.4, 0.5) is 13.2 Å². The van der Waals surface area contributed by atoms with Gasteiger partial charge in [0.2, 0.25) is 23.6 Å². The fraction of sp³-hybridized carbons (Fsp3) is 0.333. The van der Waals surface area contributed by atoms with Crippen molar-refractivity contribution in [2.24, 2.45) is 11.5 Å². The molecule has 4 amide bonds. The first-order chi connectivity index (χ1) is 29.0. The summed E-state index contributed by atoms with van der Waals surface area (Å²) in [5.41, 5.74) is 15.9.